The minimum absolute atomic E-state index is 0.108. The fourth-order valence-electron chi connectivity index (χ4n) is 2.48. The van der Waals surface area contributed by atoms with E-state index < -0.39 is 0 Å². The van der Waals surface area contributed by atoms with Gasteiger partial charge in [0.15, 0.2) is 0 Å². The van der Waals surface area contributed by atoms with Crippen LogP contribution in [0.2, 0.25) is 0 Å². The van der Waals surface area contributed by atoms with Crippen molar-refractivity contribution in [2.75, 3.05) is 6.54 Å². The summed E-state index contributed by atoms with van der Waals surface area (Å²) < 4.78 is 14.4. The van der Waals surface area contributed by atoms with Crippen LogP contribution in [0.25, 0.3) is 0 Å². The molecule has 0 aromatic heterocycles. The molecule has 21 heavy (non-hydrogen) atoms. The van der Waals surface area contributed by atoms with Gasteiger partial charge in [0.2, 0.25) is 0 Å². The van der Waals surface area contributed by atoms with Gasteiger partial charge in [0, 0.05) is 6.04 Å². The van der Waals surface area contributed by atoms with Crippen molar-refractivity contribution in [2.45, 2.75) is 32.7 Å². The van der Waals surface area contributed by atoms with Gasteiger partial charge in [0.05, 0.1) is 4.47 Å². The summed E-state index contributed by atoms with van der Waals surface area (Å²) in [7, 11) is 0. The van der Waals surface area contributed by atoms with E-state index in [0.717, 1.165) is 24.9 Å². The molecule has 0 aliphatic heterocycles. The van der Waals surface area contributed by atoms with Crippen molar-refractivity contribution >= 4 is 15.9 Å². The molecule has 0 aliphatic carbocycles. The minimum atomic E-state index is -0.208. The van der Waals surface area contributed by atoms with Crippen molar-refractivity contribution < 1.29 is 4.39 Å². The van der Waals surface area contributed by atoms with Crippen LogP contribution in [0, 0.1) is 12.7 Å². The van der Waals surface area contributed by atoms with Gasteiger partial charge in [-0.15, -0.1) is 0 Å². The Morgan fingerprint density at radius 3 is 2.67 bits per heavy atom. The largest absolute Gasteiger partial charge is 0.310 e. The van der Waals surface area contributed by atoms with Crippen LogP contribution in [0.1, 0.15) is 36.1 Å². The van der Waals surface area contributed by atoms with Gasteiger partial charge in [-0.2, -0.15) is 0 Å². The summed E-state index contributed by atoms with van der Waals surface area (Å²) in [5, 5.41) is 3.53. The lowest BCUT2D eigenvalue weighted by Gasteiger charge is -2.21. The molecule has 112 valence electrons. The van der Waals surface area contributed by atoms with E-state index in [0.29, 0.717) is 4.47 Å². The Kier molecular flexibility index (Phi) is 5.95. The highest BCUT2D eigenvalue weighted by Crippen LogP contribution is 2.28. The van der Waals surface area contributed by atoms with E-state index in [1.54, 1.807) is 6.07 Å². The van der Waals surface area contributed by atoms with Gasteiger partial charge in [0.25, 0.3) is 0 Å². The van der Waals surface area contributed by atoms with Gasteiger partial charge in [-0.3, -0.25) is 0 Å². The molecule has 0 heterocycles. The molecular weight excluding hydrogens is 329 g/mol. The molecule has 0 spiro atoms. The number of hydrogen-bond donors (Lipinski definition) is 1. The zero-order valence-electron chi connectivity index (χ0n) is 12.5. The van der Waals surface area contributed by atoms with Gasteiger partial charge in [0.1, 0.15) is 5.82 Å². The summed E-state index contributed by atoms with van der Waals surface area (Å²) in [4.78, 5) is 0. The van der Waals surface area contributed by atoms with Crippen LogP contribution < -0.4 is 5.32 Å². The summed E-state index contributed by atoms with van der Waals surface area (Å²) in [6.07, 6.45) is 1.90. The monoisotopic (exact) mass is 349 g/mol. The van der Waals surface area contributed by atoms with E-state index in [1.165, 1.54) is 17.2 Å². The maximum absolute atomic E-state index is 13.8. The Labute approximate surface area is 134 Å². The normalized spacial score (nSPS) is 12.4. The highest BCUT2D eigenvalue weighted by atomic mass is 79.9. The fraction of sp³-hybridized carbons (Fsp3) is 0.333. The predicted molar refractivity (Wildman–Crippen MR) is 90.0 cm³/mol. The van der Waals surface area contributed by atoms with Gasteiger partial charge < -0.3 is 5.32 Å². The molecule has 0 saturated carbocycles. The second-order valence-corrected chi connectivity index (χ2v) is 6.14. The van der Waals surface area contributed by atoms with E-state index in [4.69, 9.17) is 0 Å². The molecule has 0 aliphatic rings. The molecule has 0 fully saturated rings. The van der Waals surface area contributed by atoms with Gasteiger partial charge in [-0.1, -0.05) is 48.9 Å². The molecule has 0 amide bonds. The lowest BCUT2D eigenvalue weighted by molar-refractivity contribution is 0.521. The first-order valence-electron chi connectivity index (χ1n) is 7.34. The zero-order chi connectivity index (χ0) is 15.2. The first-order chi connectivity index (χ1) is 10.1. The molecule has 1 nitrogen and oxygen atoms in total. The van der Waals surface area contributed by atoms with E-state index in [9.17, 15) is 4.39 Å². The molecule has 0 radical (unpaired) electrons. The van der Waals surface area contributed by atoms with E-state index in [-0.39, 0.29) is 11.9 Å². The number of hydrogen-bond acceptors (Lipinski definition) is 1. The molecule has 0 bridgehead atoms. The average Bonchev–Trinajstić information content (AvgIpc) is 2.47. The predicted octanol–water partition coefficient (Wildman–Crippen LogP) is 5.18. The molecule has 1 N–H and O–H groups in total. The SMILES string of the molecule is CCCNC(Cc1cccc(C)c1)c1cccc(F)c1Br. The average molecular weight is 350 g/mol. The Hall–Kier alpha value is -1.19. The highest BCUT2D eigenvalue weighted by Gasteiger charge is 2.16. The van der Waals surface area contributed by atoms with E-state index >= 15 is 0 Å². The van der Waals surface area contributed by atoms with Crippen LogP contribution in [0.5, 0.6) is 0 Å². The molecule has 0 saturated heterocycles. The summed E-state index contributed by atoms with van der Waals surface area (Å²) in [6.45, 7) is 5.15. The van der Waals surface area contributed by atoms with E-state index in [1.807, 2.05) is 6.07 Å². The van der Waals surface area contributed by atoms with Crippen LogP contribution in [0.3, 0.4) is 0 Å². The summed E-state index contributed by atoms with van der Waals surface area (Å²) in [5.74, 6) is -0.208. The zero-order valence-corrected chi connectivity index (χ0v) is 14.1. The van der Waals surface area contributed by atoms with E-state index in [2.05, 4.69) is 59.4 Å². The van der Waals surface area contributed by atoms with Crippen LogP contribution in [-0.2, 0) is 6.42 Å². The maximum atomic E-state index is 13.8. The van der Waals surface area contributed by atoms with Crippen molar-refractivity contribution in [3.8, 4) is 0 Å². The Bertz CT molecular complexity index is 598. The number of benzene rings is 2. The van der Waals surface area contributed by atoms with Gasteiger partial charge in [-0.25, -0.2) is 4.39 Å². The quantitative estimate of drug-likeness (QED) is 0.757. The number of nitrogens with one attached hydrogen (secondary N) is 1. The summed E-state index contributed by atoms with van der Waals surface area (Å²) in [5.41, 5.74) is 3.49. The highest BCUT2D eigenvalue weighted by molar-refractivity contribution is 9.10. The maximum Gasteiger partial charge on any atom is 0.137 e. The van der Waals surface area contributed by atoms with Crippen molar-refractivity contribution in [3.63, 3.8) is 0 Å². The Morgan fingerprint density at radius 2 is 1.95 bits per heavy atom. The minimum Gasteiger partial charge on any atom is -0.310 e. The van der Waals surface area contributed by atoms with Crippen LogP contribution >= 0.6 is 15.9 Å². The smallest absolute Gasteiger partial charge is 0.137 e. The van der Waals surface area contributed by atoms with Crippen molar-refractivity contribution in [1.82, 2.24) is 5.32 Å². The lowest BCUT2D eigenvalue weighted by atomic mass is 9.97. The number of rotatable bonds is 6. The molecule has 2 aromatic carbocycles. The molecule has 1 unspecified atom stereocenters. The van der Waals surface area contributed by atoms with Crippen LogP contribution in [0.4, 0.5) is 4.39 Å². The van der Waals surface area contributed by atoms with Crippen molar-refractivity contribution in [2.24, 2.45) is 0 Å². The third kappa shape index (κ3) is 4.39. The van der Waals surface area contributed by atoms with Gasteiger partial charge >= 0.3 is 0 Å². The Morgan fingerprint density at radius 1 is 1.19 bits per heavy atom. The van der Waals surface area contributed by atoms with Crippen molar-refractivity contribution in [3.05, 3.63) is 69.4 Å². The number of halogens is 2. The van der Waals surface area contributed by atoms with Crippen LogP contribution in [-0.4, -0.2) is 6.54 Å². The first-order valence-corrected chi connectivity index (χ1v) is 8.14. The third-order valence-electron chi connectivity index (χ3n) is 3.52. The molecular formula is C18H21BrFN. The second-order valence-electron chi connectivity index (χ2n) is 5.34. The lowest BCUT2D eigenvalue weighted by Crippen LogP contribution is -2.24. The topological polar surface area (TPSA) is 12.0 Å². The first kappa shape index (κ1) is 16.2. The van der Waals surface area contributed by atoms with Gasteiger partial charge in [-0.05, 0) is 59.4 Å². The second kappa shape index (κ2) is 7.71. The van der Waals surface area contributed by atoms with Crippen LogP contribution in [0.15, 0.2) is 46.9 Å². The van der Waals surface area contributed by atoms with Crippen molar-refractivity contribution in [1.29, 1.82) is 0 Å². The Balaban J connectivity index is 2.27. The molecule has 2 aromatic rings. The molecule has 2 rings (SSSR count). The number of aryl methyl sites for hydroxylation is 1. The fourth-order valence-corrected chi connectivity index (χ4v) is 3.02. The summed E-state index contributed by atoms with van der Waals surface area (Å²) in [6, 6.07) is 13.8. The summed E-state index contributed by atoms with van der Waals surface area (Å²) >= 11 is 3.39. The molecule has 1 atom stereocenters. The third-order valence-corrected chi connectivity index (χ3v) is 4.36. The molecule has 3 heteroatoms. The standard InChI is InChI=1S/C18H21BrFN/c1-3-10-21-17(12-14-7-4-6-13(2)11-14)15-8-5-9-16(20)18(15)19/h4-9,11,17,21H,3,10,12H2,1-2H3.